The molecular formula is C15H14Cl2N2O4S2. The Kier molecular flexibility index (Phi) is 7.09. The maximum Gasteiger partial charge on any atom is 0.270 e. The molecule has 0 fully saturated rings. The van der Waals surface area contributed by atoms with Crippen molar-refractivity contribution >= 4 is 50.7 Å². The van der Waals surface area contributed by atoms with Crippen LogP contribution >= 0.6 is 35.0 Å². The first kappa shape index (κ1) is 20.0. The molecule has 2 rings (SSSR count). The Hall–Kier alpha value is -1.32. The molecule has 0 spiro atoms. The fourth-order valence-electron chi connectivity index (χ4n) is 1.94. The molecule has 0 saturated carbocycles. The fourth-order valence-corrected chi connectivity index (χ4v) is 4.74. The van der Waals surface area contributed by atoms with Crippen LogP contribution in [0.25, 0.3) is 0 Å². The number of halogens is 2. The molecular weight excluding hydrogens is 407 g/mol. The van der Waals surface area contributed by atoms with E-state index >= 15 is 0 Å². The summed E-state index contributed by atoms with van der Waals surface area (Å²) in [6, 6.07) is 10.2. The van der Waals surface area contributed by atoms with Gasteiger partial charge in [0.25, 0.3) is 5.69 Å². The lowest BCUT2D eigenvalue weighted by atomic mass is 10.2. The summed E-state index contributed by atoms with van der Waals surface area (Å²) in [6.07, 6.45) is 0. The van der Waals surface area contributed by atoms with E-state index in [1.165, 1.54) is 30.0 Å². The average Bonchev–Trinajstić information content (AvgIpc) is 2.57. The van der Waals surface area contributed by atoms with Gasteiger partial charge < -0.3 is 0 Å². The van der Waals surface area contributed by atoms with Crippen LogP contribution in [0, 0.1) is 10.1 Å². The van der Waals surface area contributed by atoms with Crippen LogP contribution in [0.1, 0.15) is 5.56 Å². The average molecular weight is 421 g/mol. The van der Waals surface area contributed by atoms with Gasteiger partial charge in [0, 0.05) is 40.2 Å². The fraction of sp³-hybridized carbons (Fsp3) is 0.200. The molecule has 0 aromatic heterocycles. The molecule has 0 aliphatic rings. The first-order chi connectivity index (χ1) is 11.8. The molecule has 2 aromatic rings. The van der Waals surface area contributed by atoms with E-state index in [4.69, 9.17) is 23.2 Å². The first-order valence-electron chi connectivity index (χ1n) is 7.06. The third-order valence-corrected chi connectivity index (χ3v) is 6.34. The minimum atomic E-state index is -3.80. The Morgan fingerprint density at radius 2 is 1.76 bits per heavy atom. The number of non-ortho nitro benzene ring substituents is 1. The van der Waals surface area contributed by atoms with Crippen molar-refractivity contribution in [2.24, 2.45) is 0 Å². The molecule has 0 aliphatic heterocycles. The monoisotopic (exact) mass is 420 g/mol. The van der Waals surface area contributed by atoms with Crippen molar-refractivity contribution in [1.82, 2.24) is 4.72 Å². The van der Waals surface area contributed by atoms with Crippen LogP contribution in [0.4, 0.5) is 5.69 Å². The van der Waals surface area contributed by atoms with Crippen LogP contribution in [0.3, 0.4) is 0 Å². The zero-order valence-corrected chi connectivity index (χ0v) is 16.0. The van der Waals surface area contributed by atoms with Crippen molar-refractivity contribution in [3.05, 3.63) is 68.2 Å². The molecule has 2 aromatic carbocycles. The Bertz CT molecular complexity index is 855. The van der Waals surface area contributed by atoms with E-state index in [1.54, 1.807) is 18.2 Å². The van der Waals surface area contributed by atoms with Gasteiger partial charge in [-0.15, -0.1) is 0 Å². The van der Waals surface area contributed by atoms with Crippen LogP contribution in [-0.4, -0.2) is 25.6 Å². The number of rotatable bonds is 8. The van der Waals surface area contributed by atoms with Crippen LogP contribution in [0.15, 0.2) is 47.4 Å². The predicted molar refractivity (Wildman–Crippen MR) is 101 cm³/mol. The third kappa shape index (κ3) is 5.58. The highest BCUT2D eigenvalue weighted by atomic mass is 35.5. The number of nitro benzene ring substituents is 1. The quantitative estimate of drug-likeness (QED) is 0.394. The van der Waals surface area contributed by atoms with Gasteiger partial charge in [-0.1, -0.05) is 35.3 Å². The standard InChI is InChI=1S/C15H14Cl2N2O4S2/c16-14-5-2-6-15(17)13(14)10-24-8-7-18-25(22,23)12-4-1-3-11(9-12)19(20)21/h1-6,9,18H,7-8,10H2. The van der Waals surface area contributed by atoms with E-state index in [0.29, 0.717) is 21.6 Å². The summed E-state index contributed by atoms with van der Waals surface area (Å²) in [7, 11) is -3.80. The number of hydrogen-bond donors (Lipinski definition) is 1. The number of benzene rings is 2. The Morgan fingerprint density at radius 1 is 1.12 bits per heavy atom. The number of thioether (sulfide) groups is 1. The van der Waals surface area contributed by atoms with Crippen molar-refractivity contribution in [2.45, 2.75) is 10.6 Å². The molecule has 0 amide bonds. The van der Waals surface area contributed by atoms with E-state index < -0.39 is 14.9 Å². The smallest absolute Gasteiger partial charge is 0.258 e. The van der Waals surface area contributed by atoms with Gasteiger partial charge in [0.1, 0.15) is 0 Å². The second-order valence-corrected chi connectivity index (χ2v) is 8.59. The molecule has 25 heavy (non-hydrogen) atoms. The summed E-state index contributed by atoms with van der Waals surface area (Å²) in [5, 5.41) is 11.9. The predicted octanol–water partition coefficient (Wildman–Crippen LogP) is 4.11. The third-order valence-electron chi connectivity index (χ3n) is 3.19. The zero-order valence-electron chi connectivity index (χ0n) is 12.8. The van der Waals surface area contributed by atoms with Gasteiger partial charge >= 0.3 is 0 Å². The topological polar surface area (TPSA) is 89.3 Å². The van der Waals surface area contributed by atoms with Crippen LogP contribution in [0.2, 0.25) is 10.0 Å². The molecule has 6 nitrogen and oxygen atoms in total. The first-order valence-corrected chi connectivity index (χ1v) is 10.5. The second-order valence-electron chi connectivity index (χ2n) is 4.91. The lowest BCUT2D eigenvalue weighted by molar-refractivity contribution is -0.385. The molecule has 0 bridgehead atoms. The maximum atomic E-state index is 12.2. The van der Waals surface area contributed by atoms with Gasteiger partial charge in [-0.3, -0.25) is 10.1 Å². The molecule has 0 saturated heterocycles. The van der Waals surface area contributed by atoms with Gasteiger partial charge in [0.2, 0.25) is 10.0 Å². The van der Waals surface area contributed by atoms with E-state index in [-0.39, 0.29) is 17.1 Å². The highest BCUT2D eigenvalue weighted by molar-refractivity contribution is 7.98. The Balaban J connectivity index is 1.89. The van der Waals surface area contributed by atoms with Crippen LogP contribution < -0.4 is 4.72 Å². The Labute approximate surface area is 159 Å². The molecule has 10 heteroatoms. The molecule has 1 N–H and O–H groups in total. The minimum absolute atomic E-state index is 0.138. The number of nitro groups is 1. The van der Waals surface area contributed by atoms with E-state index in [0.717, 1.165) is 11.6 Å². The normalized spacial score (nSPS) is 11.4. The van der Waals surface area contributed by atoms with Gasteiger partial charge in [-0.05, 0) is 23.8 Å². The molecule has 134 valence electrons. The summed E-state index contributed by atoms with van der Waals surface area (Å²) in [6.45, 7) is 0.178. The van der Waals surface area contributed by atoms with E-state index in [1.807, 2.05) is 0 Å². The highest BCUT2D eigenvalue weighted by Crippen LogP contribution is 2.28. The summed E-state index contributed by atoms with van der Waals surface area (Å²) < 4.78 is 26.7. The van der Waals surface area contributed by atoms with Gasteiger partial charge in [0.15, 0.2) is 0 Å². The van der Waals surface area contributed by atoms with E-state index in [9.17, 15) is 18.5 Å². The molecule has 0 atom stereocenters. The van der Waals surface area contributed by atoms with Crippen molar-refractivity contribution in [2.75, 3.05) is 12.3 Å². The zero-order chi connectivity index (χ0) is 18.4. The number of hydrogen-bond acceptors (Lipinski definition) is 5. The van der Waals surface area contributed by atoms with Crippen molar-refractivity contribution in [3.8, 4) is 0 Å². The van der Waals surface area contributed by atoms with Crippen LogP contribution in [0.5, 0.6) is 0 Å². The number of sulfonamides is 1. The number of nitrogens with zero attached hydrogens (tertiary/aromatic N) is 1. The summed E-state index contributed by atoms with van der Waals surface area (Å²) in [5.41, 5.74) is 0.531. The largest absolute Gasteiger partial charge is 0.270 e. The lowest BCUT2D eigenvalue weighted by Crippen LogP contribution is -2.26. The highest BCUT2D eigenvalue weighted by Gasteiger charge is 2.17. The summed E-state index contributed by atoms with van der Waals surface area (Å²) >= 11 is 13.6. The SMILES string of the molecule is O=[N+]([O-])c1cccc(S(=O)(=O)NCCSCc2c(Cl)cccc2Cl)c1. The molecule has 0 unspecified atom stereocenters. The van der Waals surface area contributed by atoms with Gasteiger partial charge in [-0.2, -0.15) is 11.8 Å². The van der Waals surface area contributed by atoms with Crippen LogP contribution in [-0.2, 0) is 15.8 Å². The van der Waals surface area contributed by atoms with Gasteiger partial charge in [0.05, 0.1) is 9.82 Å². The van der Waals surface area contributed by atoms with Crippen molar-refractivity contribution < 1.29 is 13.3 Å². The number of nitrogens with one attached hydrogen (secondary N) is 1. The second kappa shape index (κ2) is 8.86. The summed E-state index contributed by atoms with van der Waals surface area (Å²) in [4.78, 5) is 9.96. The van der Waals surface area contributed by atoms with Crippen molar-refractivity contribution in [3.63, 3.8) is 0 Å². The van der Waals surface area contributed by atoms with Crippen molar-refractivity contribution in [1.29, 1.82) is 0 Å². The Morgan fingerprint density at radius 3 is 2.40 bits per heavy atom. The maximum absolute atomic E-state index is 12.2. The molecule has 0 radical (unpaired) electrons. The van der Waals surface area contributed by atoms with Gasteiger partial charge in [-0.25, -0.2) is 13.1 Å². The molecule has 0 aliphatic carbocycles. The minimum Gasteiger partial charge on any atom is -0.258 e. The lowest BCUT2D eigenvalue weighted by Gasteiger charge is -2.08. The van der Waals surface area contributed by atoms with E-state index in [2.05, 4.69) is 4.72 Å². The molecule has 0 heterocycles. The summed E-state index contributed by atoms with van der Waals surface area (Å²) in [5.74, 6) is 1.05.